The zero-order valence-corrected chi connectivity index (χ0v) is 20.3. The maximum Gasteiger partial charge on any atom is 0.258 e. The van der Waals surface area contributed by atoms with Crippen molar-refractivity contribution in [2.24, 2.45) is 14.1 Å². The van der Waals surface area contributed by atoms with Crippen molar-refractivity contribution in [3.05, 3.63) is 114 Å². The third kappa shape index (κ3) is 3.49. The predicted octanol–water partition coefficient (Wildman–Crippen LogP) is 5.29. The van der Waals surface area contributed by atoms with Crippen molar-refractivity contribution in [1.82, 2.24) is 9.13 Å². The lowest BCUT2D eigenvalue weighted by Gasteiger charge is -2.24. The highest BCUT2D eigenvalue weighted by Gasteiger charge is 2.33. The fourth-order valence-corrected chi connectivity index (χ4v) is 5.23. The number of hydrogen-bond donors (Lipinski definition) is 2. The molecular weight excluding hydrogens is 487 g/mol. The topological polar surface area (TPSA) is 84.5 Å². The molecular formula is C27H20Cl2N2O4. The molecule has 0 unspecified atom stereocenters. The van der Waals surface area contributed by atoms with Crippen molar-refractivity contribution in [3.8, 4) is 11.5 Å². The van der Waals surface area contributed by atoms with Crippen LogP contribution >= 0.6 is 23.2 Å². The molecule has 2 N–H and O–H groups in total. The van der Waals surface area contributed by atoms with Gasteiger partial charge in [-0.2, -0.15) is 0 Å². The van der Waals surface area contributed by atoms with Gasteiger partial charge in [0.1, 0.15) is 11.5 Å². The third-order valence-corrected chi connectivity index (χ3v) is 7.03. The van der Waals surface area contributed by atoms with Crippen LogP contribution in [0, 0.1) is 0 Å². The summed E-state index contributed by atoms with van der Waals surface area (Å²) in [6.07, 6.45) is 0. The van der Waals surface area contributed by atoms with Crippen LogP contribution in [0.25, 0.3) is 21.8 Å². The Morgan fingerprint density at radius 3 is 1.63 bits per heavy atom. The van der Waals surface area contributed by atoms with Crippen LogP contribution < -0.4 is 11.1 Å². The number of aromatic hydroxyl groups is 2. The van der Waals surface area contributed by atoms with E-state index >= 15 is 0 Å². The minimum absolute atomic E-state index is 0.0712. The summed E-state index contributed by atoms with van der Waals surface area (Å²) >= 11 is 12.7. The van der Waals surface area contributed by atoms with Crippen molar-refractivity contribution in [1.29, 1.82) is 0 Å². The molecule has 6 nitrogen and oxygen atoms in total. The summed E-state index contributed by atoms with van der Waals surface area (Å²) in [6.45, 7) is 0. The Hall–Kier alpha value is -3.74. The average molecular weight is 507 g/mol. The highest BCUT2D eigenvalue weighted by molar-refractivity contribution is 6.35. The fraction of sp³-hybridized carbons (Fsp3) is 0.111. The van der Waals surface area contributed by atoms with Gasteiger partial charge in [0, 0.05) is 34.9 Å². The molecule has 0 saturated heterocycles. The van der Waals surface area contributed by atoms with Crippen LogP contribution in [-0.4, -0.2) is 19.3 Å². The first-order valence-electron chi connectivity index (χ1n) is 10.8. The van der Waals surface area contributed by atoms with Crippen molar-refractivity contribution in [3.63, 3.8) is 0 Å². The minimum atomic E-state index is -1.17. The van der Waals surface area contributed by atoms with E-state index in [-0.39, 0.29) is 27.6 Å². The monoisotopic (exact) mass is 506 g/mol. The van der Waals surface area contributed by atoms with E-state index < -0.39 is 17.0 Å². The molecule has 0 radical (unpaired) electrons. The molecule has 0 aliphatic carbocycles. The molecule has 5 aromatic rings. The van der Waals surface area contributed by atoms with E-state index in [1.807, 2.05) is 0 Å². The number of para-hydroxylation sites is 2. The van der Waals surface area contributed by atoms with Crippen molar-refractivity contribution in [2.45, 2.75) is 5.92 Å². The standard InChI is InChI=1S/C27H20Cl2N2O4/c1-30-19-9-5-3-7-16(19)24(32)22(26(30)34)21(15-12-11-14(28)13-18(15)29)23-25(33)17-8-4-6-10-20(17)31(2)27(23)35/h3-13,21,32-33H,1-2H3. The molecule has 2 aromatic heterocycles. The van der Waals surface area contributed by atoms with Gasteiger partial charge in [-0.3, -0.25) is 9.59 Å². The Balaban J connectivity index is 1.99. The van der Waals surface area contributed by atoms with Crippen LogP contribution in [0.1, 0.15) is 22.6 Å². The van der Waals surface area contributed by atoms with Gasteiger partial charge in [-0.05, 0) is 42.0 Å². The lowest BCUT2D eigenvalue weighted by molar-refractivity contribution is 0.460. The van der Waals surface area contributed by atoms with Crippen molar-refractivity contribution in [2.75, 3.05) is 0 Å². The van der Waals surface area contributed by atoms with Gasteiger partial charge in [0.2, 0.25) is 0 Å². The van der Waals surface area contributed by atoms with Gasteiger partial charge in [-0.25, -0.2) is 0 Å². The highest BCUT2D eigenvalue weighted by atomic mass is 35.5. The Kier molecular flexibility index (Phi) is 5.58. The van der Waals surface area contributed by atoms with E-state index in [1.54, 1.807) is 74.8 Å². The molecule has 0 spiro atoms. The van der Waals surface area contributed by atoms with Crippen LogP contribution in [0.3, 0.4) is 0 Å². The SMILES string of the molecule is Cn1c(=O)c(C(c2ccc(Cl)cc2Cl)c2c(O)c3ccccc3n(C)c2=O)c(O)c2ccccc21. The lowest BCUT2D eigenvalue weighted by atomic mass is 9.83. The fourth-order valence-electron chi connectivity index (χ4n) is 4.72. The lowest BCUT2D eigenvalue weighted by Crippen LogP contribution is -2.30. The van der Waals surface area contributed by atoms with E-state index in [1.165, 1.54) is 15.2 Å². The van der Waals surface area contributed by atoms with Crippen LogP contribution in [0.4, 0.5) is 0 Å². The Labute approximate surface area is 209 Å². The molecule has 0 aliphatic rings. The molecule has 0 bridgehead atoms. The van der Waals surface area contributed by atoms with Gasteiger partial charge >= 0.3 is 0 Å². The summed E-state index contributed by atoms with van der Waals surface area (Å²) < 4.78 is 2.81. The molecule has 0 fully saturated rings. The number of pyridine rings is 2. The van der Waals surface area contributed by atoms with Gasteiger partial charge in [0.05, 0.1) is 28.1 Å². The number of aryl methyl sites for hydroxylation is 2. The summed E-state index contributed by atoms with van der Waals surface area (Å²) in [6, 6.07) is 18.5. The zero-order chi connectivity index (χ0) is 25.0. The molecule has 0 saturated carbocycles. The Morgan fingerprint density at radius 1 is 0.714 bits per heavy atom. The van der Waals surface area contributed by atoms with Crippen LogP contribution in [-0.2, 0) is 14.1 Å². The molecule has 2 heterocycles. The maximum absolute atomic E-state index is 13.7. The van der Waals surface area contributed by atoms with E-state index in [0.717, 1.165) is 0 Å². The molecule has 8 heteroatoms. The normalized spacial score (nSPS) is 11.6. The van der Waals surface area contributed by atoms with Crippen LogP contribution in [0.5, 0.6) is 11.5 Å². The number of aromatic nitrogens is 2. The Bertz CT molecular complexity index is 1670. The number of fused-ring (bicyclic) bond motifs is 2. The molecule has 5 rings (SSSR count). The maximum atomic E-state index is 13.7. The van der Waals surface area contributed by atoms with E-state index in [4.69, 9.17) is 23.2 Å². The smallest absolute Gasteiger partial charge is 0.258 e. The van der Waals surface area contributed by atoms with E-state index in [9.17, 15) is 19.8 Å². The minimum Gasteiger partial charge on any atom is -0.507 e. The summed E-state index contributed by atoms with van der Waals surface area (Å²) in [5.41, 5.74) is 0.210. The molecule has 0 amide bonds. The Morgan fingerprint density at radius 2 is 1.17 bits per heavy atom. The van der Waals surface area contributed by atoms with E-state index in [0.29, 0.717) is 32.4 Å². The summed E-state index contributed by atoms with van der Waals surface area (Å²) in [5.74, 6) is -1.74. The van der Waals surface area contributed by atoms with Crippen LogP contribution in [0.2, 0.25) is 10.0 Å². The van der Waals surface area contributed by atoms with Gasteiger partial charge in [-0.1, -0.05) is 53.5 Å². The molecule has 3 aromatic carbocycles. The van der Waals surface area contributed by atoms with E-state index in [2.05, 4.69) is 0 Å². The second kappa shape index (κ2) is 8.48. The summed E-state index contributed by atoms with van der Waals surface area (Å²) in [4.78, 5) is 27.4. The second-order valence-corrected chi connectivity index (χ2v) is 9.23. The van der Waals surface area contributed by atoms with Crippen molar-refractivity contribution < 1.29 is 10.2 Å². The second-order valence-electron chi connectivity index (χ2n) is 8.39. The number of rotatable bonds is 3. The quantitative estimate of drug-likeness (QED) is 0.348. The first kappa shape index (κ1) is 23.0. The largest absolute Gasteiger partial charge is 0.507 e. The first-order valence-corrected chi connectivity index (χ1v) is 11.5. The number of benzene rings is 3. The number of halogens is 2. The van der Waals surface area contributed by atoms with Gasteiger partial charge in [0.15, 0.2) is 0 Å². The van der Waals surface area contributed by atoms with Gasteiger partial charge < -0.3 is 19.3 Å². The van der Waals surface area contributed by atoms with Crippen LogP contribution in [0.15, 0.2) is 76.3 Å². The van der Waals surface area contributed by atoms with Gasteiger partial charge in [-0.15, -0.1) is 0 Å². The van der Waals surface area contributed by atoms with Gasteiger partial charge in [0.25, 0.3) is 11.1 Å². The number of hydrogen-bond acceptors (Lipinski definition) is 4. The zero-order valence-electron chi connectivity index (χ0n) is 18.8. The third-order valence-electron chi connectivity index (χ3n) is 6.47. The summed E-state index contributed by atoms with van der Waals surface area (Å²) in [5, 5.41) is 24.2. The molecule has 0 atom stereocenters. The van der Waals surface area contributed by atoms with Crippen molar-refractivity contribution >= 4 is 45.0 Å². The predicted molar refractivity (Wildman–Crippen MR) is 139 cm³/mol. The summed E-state index contributed by atoms with van der Waals surface area (Å²) in [7, 11) is 3.18. The highest BCUT2D eigenvalue weighted by Crippen LogP contribution is 2.44. The number of nitrogens with zero attached hydrogens (tertiary/aromatic N) is 2. The average Bonchev–Trinajstić information content (AvgIpc) is 2.85. The molecule has 35 heavy (non-hydrogen) atoms. The molecule has 176 valence electrons. The molecule has 0 aliphatic heterocycles. The first-order chi connectivity index (χ1) is 16.7.